The van der Waals surface area contributed by atoms with Crippen LogP contribution in [0, 0.1) is 0 Å². The summed E-state index contributed by atoms with van der Waals surface area (Å²) in [6.45, 7) is 0. The average Bonchev–Trinajstić information content (AvgIpc) is 3.29. The van der Waals surface area contributed by atoms with E-state index in [9.17, 15) is 4.79 Å². The van der Waals surface area contributed by atoms with E-state index in [2.05, 4.69) is 39.4 Å². The van der Waals surface area contributed by atoms with Gasteiger partial charge in [0.05, 0.1) is 5.75 Å². The highest BCUT2D eigenvalue weighted by molar-refractivity contribution is 8.00. The fourth-order valence-electron chi connectivity index (χ4n) is 2.82. The van der Waals surface area contributed by atoms with Gasteiger partial charge in [0.25, 0.3) is 0 Å². The molecule has 1 aliphatic rings. The van der Waals surface area contributed by atoms with Crippen LogP contribution in [0.1, 0.15) is 10.9 Å². The average molecular weight is 383 g/mol. The maximum absolute atomic E-state index is 12.5. The number of thioether (sulfide) groups is 1. The van der Waals surface area contributed by atoms with Crippen LogP contribution in [0.15, 0.2) is 54.6 Å². The van der Waals surface area contributed by atoms with Crippen LogP contribution in [0.25, 0.3) is 10.6 Å². The molecule has 0 aliphatic carbocycles. The molecule has 1 atom stereocenters. The summed E-state index contributed by atoms with van der Waals surface area (Å²) in [5.74, 6) is 0.535. The van der Waals surface area contributed by atoms with Crippen LogP contribution in [0.3, 0.4) is 0 Å². The SMILES string of the molecule is CN(C)c1ccc(C2SCC(=O)N2c2nnc(-c3ccccc3)s2)cc1. The lowest BCUT2D eigenvalue weighted by Gasteiger charge is -2.22. The van der Waals surface area contributed by atoms with Crippen LogP contribution < -0.4 is 9.80 Å². The molecule has 0 N–H and O–H groups in total. The van der Waals surface area contributed by atoms with Gasteiger partial charge in [-0.1, -0.05) is 53.8 Å². The quantitative estimate of drug-likeness (QED) is 0.681. The number of hydrogen-bond donors (Lipinski definition) is 0. The van der Waals surface area contributed by atoms with Crippen molar-refractivity contribution in [1.82, 2.24) is 10.2 Å². The molecule has 0 saturated carbocycles. The first-order chi connectivity index (χ1) is 12.6. The highest BCUT2D eigenvalue weighted by atomic mass is 32.2. The number of hydrogen-bond acceptors (Lipinski definition) is 6. The first kappa shape index (κ1) is 17.1. The summed E-state index contributed by atoms with van der Waals surface area (Å²) in [7, 11) is 4.03. The van der Waals surface area contributed by atoms with Gasteiger partial charge in [-0.25, -0.2) is 0 Å². The molecular weight excluding hydrogens is 364 g/mol. The molecule has 1 fully saturated rings. The molecule has 1 amide bonds. The van der Waals surface area contributed by atoms with Gasteiger partial charge in [-0.2, -0.15) is 0 Å². The van der Waals surface area contributed by atoms with E-state index in [0.717, 1.165) is 21.8 Å². The van der Waals surface area contributed by atoms with Gasteiger partial charge < -0.3 is 4.90 Å². The fraction of sp³-hybridized carbons (Fsp3) is 0.211. The van der Waals surface area contributed by atoms with Crippen molar-refractivity contribution in [3.63, 3.8) is 0 Å². The second kappa shape index (κ2) is 7.09. The largest absolute Gasteiger partial charge is 0.378 e. The van der Waals surface area contributed by atoms with E-state index >= 15 is 0 Å². The summed E-state index contributed by atoms with van der Waals surface area (Å²) >= 11 is 3.08. The van der Waals surface area contributed by atoms with Crippen molar-refractivity contribution in [2.75, 3.05) is 29.6 Å². The Balaban J connectivity index is 1.64. The van der Waals surface area contributed by atoms with Gasteiger partial charge in [0.2, 0.25) is 11.0 Å². The van der Waals surface area contributed by atoms with E-state index in [1.165, 1.54) is 11.3 Å². The summed E-state index contributed by atoms with van der Waals surface area (Å²) in [5, 5.41) is 10.0. The molecule has 0 bridgehead atoms. The Kier molecular flexibility index (Phi) is 4.65. The van der Waals surface area contributed by atoms with Crippen molar-refractivity contribution in [3.05, 3.63) is 60.2 Å². The van der Waals surface area contributed by atoms with Gasteiger partial charge in [0, 0.05) is 25.3 Å². The van der Waals surface area contributed by atoms with Gasteiger partial charge in [-0.05, 0) is 17.7 Å². The summed E-state index contributed by atoms with van der Waals surface area (Å²) in [6.07, 6.45) is 0. The predicted octanol–water partition coefficient (Wildman–Crippen LogP) is 4.05. The lowest BCUT2D eigenvalue weighted by atomic mass is 10.2. The van der Waals surface area contributed by atoms with Gasteiger partial charge in [0.15, 0.2) is 0 Å². The van der Waals surface area contributed by atoms with Crippen LogP contribution in [0.2, 0.25) is 0 Å². The zero-order valence-corrected chi connectivity index (χ0v) is 16.1. The Morgan fingerprint density at radius 1 is 1.04 bits per heavy atom. The minimum absolute atomic E-state index is 0.0599. The number of nitrogens with zero attached hydrogens (tertiary/aromatic N) is 4. The van der Waals surface area contributed by atoms with Crippen molar-refractivity contribution in [3.8, 4) is 10.6 Å². The molecule has 1 aromatic heterocycles. The molecule has 1 aliphatic heterocycles. The lowest BCUT2D eigenvalue weighted by molar-refractivity contribution is -0.115. The molecule has 5 nitrogen and oxygen atoms in total. The molecule has 2 aromatic carbocycles. The maximum atomic E-state index is 12.5. The smallest absolute Gasteiger partial charge is 0.240 e. The first-order valence-electron chi connectivity index (χ1n) is 8.23. The molecule has 132 valence electrons. The van der Waals surface area contributed by atoms with Gasteiger partial charge >= 0.3 is 0 Å². The highest BCUT2D eigenvalue weighted by Crippen LogP contribution is 2.43. The van der Waals surface area contributed by atoms with Crippen molar-refractivity contribution in [2.45, 2.75) is 5.37 Å². The summed E-state index contributed by atoms with van der Waals surface area (Å²) in [5.41, 5.74) is 3.25. The Morgan fingerprint density at radius 2 is 1.77 bits per heavy atom. The number of carbonyl (C=O) groups is 1. The molecule has 0 radical (unpaired) electrons. The zero-order chi connectivity index (χ0) is 18.1. The number of carbonyl (C=O) groups excluding carboxylic acids is 1. The molecule has 3 aromatic rings. The normalized spacial score (nSPS) is 16.9. The Labute approximate surface area is 160 Å². The predicted molar refractivity (Wildman–Crippen MR) is 109 cm³/mol. The molecule has 0 spiro atoms. The van der Waals surface area contributed by atoms with Gasteiger partial charge in [-0.3, -0.25) is 9.69 Å². The minimum atomic E-state index is -0.0599. The number of aromatic nitrogens is 2. The standard InChI is InChI=1S/C19H18N4OS2/c1-22(2)15-10-8-14(9-11-15)18-23(16(24)12-25-18)19-21-20-17(26-19)13-6-4-3-5-7-13/h3-11,18H,12H2,1-2H3. The Hall–Kier alpha value is -2.38. The van der Waals surface area contributed by atoms with Crippen molar-refractivity contribution in [1.29, 1.82) is 0 Å². The highest BCUT2D eigenvalue weighted by Gasteiger charge is 2.36. The van der Waals surface area contributed by atoms with Crippen LogP contribution >= 0.6 is 23.1 Å². The third-order valence-corrected chi connectivity index (χ3v) is 6.39. The van der Waals surface area contributed by atoms with Crippen molar-refractivity contribution >= 4 is 39.8 Å². The molecule has 1 unspecified atom stereocenters. The molecular formula is C19H18N4OS2. The molecule has 7 heteroatoms. The van der Waals surface area contributed by atoms with Crippen LogP contribution in [0.5, 0.6) is 0 Å². The second-order valence-corrected chi connectivity index (χ2v) is 8.19. The number of anilines is 2. The van der Waals surface area contributed by atoms with Crippen molar-refractivity contribution in [2.24, 2.45) is 0 Å². The molecule has 2 heterocycles. The van der Waals surface area contributed by atoms with Gasteiger partial charge in [-0.15, -0.1) is 22.0 Å². The molecule has 26 heavy (non-hydrogen) atoms. The number of benzene rings is 2. The fourth-order valence-corrected chi connectivity index (χ4v) is 4.94. The number of amides is 1. The van der Waals surface area contributed by atoms with E-state index in [-0.39, 0.29) is 11.3 Å². The van der Waals surface area contributed by atoms with E-state index in [1.54, 1.807) is 16.7 Å². The van der Waals surface area contributed by atoms with Crippen LogP contribution in [-0.4, -0.2) is 36.0 Å². The summed E-state index contributed by atoms with van der Waals surface area (Å²) in [6, 6.07) is 18.2. The molecule has 4 rings (SSSR count). The maximum Gasteiger partial charge on any atom is 0.240 e. The number of rotatable bonds is 4. The minimum Gasteiger partial charge on any atom is -0.378 e. The third kappa shape index (κ3) is 3.20. The first-order valence-corrected chi connectivity index (χ1v) is 10.1. The summed E-state index contributed by atoms with van der Waals surface area (Å²) < 4.78 is 0. The van der Waals surface area contributed by atoms with E-state index in [1.807, 2.05) is 44.4 Å². The molecule has 1 saturated heterocycles. The topological polar surface area (TPSA) is 49.3 Å². The van der Waals surface area contributed by atoms with Crippen LogP contribution in [-0.2, 0) is 4.79 Å². The lowest BCUT2D eigenvalue weighted by Crippen LogP contribution is -2.27. The zero-order valence-electron chi connectivity index (χ0n) is 14.5. The van der Waals surface area contributed by atoms with E-state index in [4.69, 9.17) is 0 Å². The van der Waals surface area contributed by atoms with Crippen molar-refractivity contribution < 1.29 is 4.79 Å². The third-order valence-electron chi connectivity index (χ3n) is 4.20. The second-order valence-electron chi connectivity index (χ2n) is 6.17. The summed E-state index contributed by atoms with van der Waals surface area (Å²) in [4.78, 5) is 16.4. The van der Waals surface area contributed by atoms with E-state index in [0.29, 0.717) is 10.9 Å². The van der Waals surface area contributed by atoms with Crippen LogP contribution in [0.4, 0.5) is 10.8 Å². The Bertz CT molecular complexity index is 909. The monoisotopic (exact) mass is 382 g/mol. The van der Waals surface area contributed by atoms with E-state index < -0.39 is 0 Å². The Morgan fingerprint density at radius 3 is 2.46 bits per heavy atom. The van der Waals surface area contributed by atoms with Gasteiger partial charge in [0.1, 0.15) is 10.4 Å².